The largest absolute Gasteiger partial charge is 0.250 e. The van der Waals surface area contributed by atoms with Crippen LogP contribution in [0.2, 0.25) is 0 Å². The standard InChI is InChI=1S/C15H10F2N4S/c16-12-7-5-10(6-8-12)14-19-20-15(22)21(14)18-9-11-3-1-2-4-13(11)17/h1-9H,(H,20,22)/b18-9+. The predicted molar refractivity (Wildman–Crippen MR) is 82.2 cm³/mol. The first kappa shape index (κ1) is 14.3. The van der Waals surface area contributed by atoms with Gasteiger partial charge < -0.3 is 0 Å². The van der Waals surface area contributed by atoms with E-state index < -0.39 is 0 Å². The van der Waals surface area contributed by atoms with E-state index in [1.54, 1.807) is 30.3 Å². The number of halogens is 2. The van der Waals surface area contributed by atoms with E-state index in [0.717, 1.165) is 0 Å². The monoisotopic (exact) mass is 316 g/mol. The van der Waals surface area contributed by atoms with E-state index in [0.29, 0.717) is 17.0 Å². The number of H-pyrrole nitrogens is 1. The SMILES string of the molecule is Fc1ccc(-c2n[nH]c(=S)n2/N=C/c2ccccc2F)cc1. The molecule has 0 spiro atoms. The summed E-state index contributed by atoms with van der Waals surface area (Å²) >= 11 is 5.11. The van der Waals surface area contributed by atoms with Gasteiger partial charge in [0.15, 0.2) is 5.82 Å². The van der Waals surface area contributed by atoms with Crippen molar-refractivity contribution in [2.24, 2.45) is 5.10 Å². The molecule has 0 unspecified atom stereocenters. The van der Waals surface area contributed by atoms with Crippen molar-refractivity contribution in [3.8, 4) is 11.4 Å². The Labute approximate surface area is 129 Å². The average molecular weight is 316 g/mol. The fourth-order valence-electron chi connectivity index (χ4n) is 1.88. The van der Waals surface area contributed by atoms with Crippen LogP contribution in [0.15, 0.2) is 53.6 Å². The van der Waals surface area contributed by atoms with Gasteiger partial charge in [-0.25, -0.2) is 13.9 Å². The van der Waals surface area contributed by atoms with Crippen LogP contribution in [0.5, 0.6) is 0 Å². The summed E-state index contributed by atoms with van der Waals surface area (Å²) in [4.78, 5) is 0. The lowest BCUT2D eigenvalue weighted by Gasteiger charge is -2.01. The molecule has 0 saturated carbocycles. The number of hydrogen-bond acceptors (Lipinski definition) is 3. The number of nitrogens with one attached hydrogen (secondary N) is 1. The Bertz CT molecular complexity index is 881. The lowest BCUT2D eigenvalue weighted by molar-refractivity contribution is 0.625. The molecule has 0 radical (unpaired) electrons. The topological polar surface area (TPSA) is 46.0 Å². The second-order valence-corrected chi connectivity index (χ2v) is 4.82. The summed E-state index contributed by atoms with van der Waals surface area (Å²) < 4.78 is 28.2. The quantitative estimate of drug-likeness (QED) is 0.590. The zero-order valence-corrected chi connectivity index (χ0v) is 12.0. The van der Waals surface area contributed by atoms with Gasteiger partial charge in [0.25, 0.3) is 0 Å². The Kier molecular flexibility index (Phi) is 3.88. The minimum Gasteiger partial charge on any atom is -0.250 e. The fraction of sp³-hybridized carbons (Fsp3) is 0. The summed E-state index contributed by atoms with van der Waals surface area (Å²) in [5, 5.41) is 10.8. The highest BCUT2D eigenvalue weighted by atomic mass is 32.1. The summed E-state index contributed by atoms with van der Waals surface area (Å²) in [7, 11) is 0. The van der Waals surface area contributed by atoms with Gasteiger partial charge in [0.05, 0.1) is 6.21 Å². The molecule has 22 heavy (non-hydrogen) atoms. The molecule has 0 atom stereocenters. The zero-order valence-electron chi connectivity index (χ0n) is 11.2. The molecule has 1 heterocycles. The highest BCUT2D eigenvalue weighted by Gasteiger charge is 2.08. The normalized spacial score (nSPS) is 11.2. The molecule has 3 rings (SSSR count). The number of aromatic nitrogens is 3. The molecule has 0 fully saturated rings. The first-order valence-electron chi connectivity index (χ1n) is 6.37. The van der Waals surface area contributed by atoms with Gasteiger partial charge in [-0.15, -0.1) is 0 Å². The molecule has 2 aromatic carbocycles. The van der Waals surface area contributed by atoms with Gasteiger partial charge in [-0.3, -0.25) is 0 Å². The van der Waals surface area contributed by atoms with Gasteiger partial charge in [0.2, 0.25) is 4.77 Å². The highest BCUT2D eigenvalue weighted by Crippen LogP contribution is 2.17. The number of nitrogens with zero attached hydrogens (tertiary/aromatic N) is 3. The molecule has 4 nitrogen and oxygen atoms in total. The maximum atomic E-state index is 13.6. The van der Waals surface area contributed by atoms with Crippen LogP contribution in [-0.4, -0.2) is 21.1 Å². The summed E-state index contributed by atoms with van der Waals surface area (Å²) in [5.41, 5.74) is 0.968. The van der Waals surface area contributed by atoms with Crippen LogP contribution in [0.3, 0.4) is 0 Å². The van der Waals surface area contributed by atoms with Crippen molar-refractivity contribution in [1.29, 1.82) is 0 Å². The second kappa shape index (κ2) is 5.98. The molecule has 0 aliphatic carbocycles. The van der Waals surface area contributed by atoms with Crippen LogP contribution in [0, 0.1) is 16.4 Å². The third kappa shape index (κ3) is 2.84. The molecule has 0 amide bonds. The van der Waals surface area contributed by atoms with E-state index in [9.17, 15) is 8.78 Å². The van der Waals surface area contributed by atoms with Crippen molar-refractivity contribution in [3.05, 3.63) is 70.5 Å². The first-order valence-corrected chi connectivity index (χ1v) is 6.78. The molecular formula is C15H10F2N4S. The third-order valence-electron chi connectivity index (χ3n) is 2.97. The van der Waals surface area contributed by atoms with Crippen LogP contribution in [0.1, 0.15) is 5.56 Å². The number of rotatable bonds is 3. The lowest BCUT2D eigenvalue weighted by atomic mass is 10.2. The molecule has 3 aromatic rings. The van der Waals surface area contributed by atoms with Gasteiger partial charge in [0, 0.05) is 11.1 Å². The van der Waals surface area contributed by atoms with E-state index in [4.69, 9.17) is 12.2 Å². The van der Waals surface area contributed by atoms with Gasteiger partial charge in [-0.1, -0.05) is 18.2 Å². The molecule has 0 aliphatic heterocycles. The molecule has 110 valence electrons. The maximum Gasteiger partial charge on any atom is 0.216 e. The van der Waals surface area contributed by atoms with E-state index >= 15 is 0 Å². The first-order chi connectivity index (χ1) is 10.6. The van der Waals surface area contributed by atoms with Crippen molar-refractivity contribution in [3.63, 3.8) is 0 Å². The molecular weight excluding hydrogens is 306 g/mol. The van der Waals surface area contributed by atoms with Crippen molar-refractivity contribution in [2.45, 2.75) is 0 Å². The van der Waals surface area contributed by atoms with Crippen molar-refractivity contribution >= 4 is 18.4 Å². The Balaban J connectivity index is 2.01. The van der Waals surface area contributed by atoms with Gasteiger partial charge in [-0.05, 0) is 42.5 Å². The maximum absolute atomic E-state index is 13.6. The van der Waals surface area contributed by atoms with E-state index in [1.807, 2.05) is 0 Å². The second-order valence-electron chi connectivity index (χ2n) is 4.44. The molecule has 1 aromatic heterocycles. The van der Waals surface area contributed by atoms with E-state index in [-0.39, 0.29) is 16.4 Å². The summed E-state index contributed by atoms with van der Waals surface area (Å²) in [6.45, 7) is 0. The van der Waals surface area contributed by atoms with Crippen molar-refractivity contribution < 1.29 is 8.78 Å². The van der Waals surface area contributed by atoms with Gasteiger partial charge in [-0.2, -0.15) is 14.9 Å². The molecule has 7 heteroatoms. The average Bonchev–Trinajstić information content (AvgIpc) is 2.88. The summed E-state index contributed by atoms with van der Waals surface area (Å²) in [6.07, 6.45) is 1.35. The molecule has 0 bridgehead atoms. The van der Waals surface area contributed by atoms with Crippen LogP contribution < -0.4 is 0 Å². The summed E-state index contributed by atoms with van der Waals surface area (Å²) in [5.74, 6) is -0.318. The van der Waals surface area contributed by atoms with Crippen LogP contribution in [0.4, 0.5) is 8.78 Å². The number of aromatic amines is 1. The van der Waals surface area contributed by atoms with E-state index in [2.05, 4.69) is 15.3 Å². The van der Waals surface area contributed by atoms with Crippen LogP contribution >= 0.6 is 12.2 Å². The predicted octanol–water partition coefficient (Wildman–Crippen LogP) is 3.77. The summed E-state index contributed by atoms with van der Waals surface area (Å²) in [6, 6.07) is 12.0. The Morgan fingerprint density at radius 1 is 1.09 bits per heavy atom. The number of hydrogen-bond donors (Lipinski definition) is 1. The highest BCUT2D eigenvalue weighted by molar-refractivity contribution is 7.71. The zero-order chi connectivity index (χ0) is 15.5. The molecule has 1 N–H and O–H groups in total. The van der Waals surface area contributed by atoms with Crippen LogP contribution in [-0.2, 0) is 0 Å². The minimum absolute atomic E-state index is 0.256. The van der Waals surface area contributed by atoms with Crippen molar-refractivity contribution in [1.82, 2.24) is 14.9 Å². The van der Waals surface area contributed by atoms with E-state index in [1.165, 1.54) is 29.1 Å². The third-order valence-corrected chi connectivity index (χ3v) is 3.23. The smallest absolute Gasteiger partial charge is 0.216 e. The van der Waals surface area contributed by atoms with Gasteiger partial charge in [0.1, 0.15) is 11.6 Å². The number of benzene rings is 2. The Hall–Kier alpha value is -2.67. The lowest BCUT2D eigenvalue weighted by Crippen LogP contribution is -1.96. The Morgan fingerprint density at radius 3 is 2.55 bits per heavy atom. The Morgan fingerprint density at radius 2 is 1.82 bits per heavy atom. The fourth-order valence-corrected chi connectivity index (χ4v) is 2.06. The molecule has 0 saturated heterocycles. The van der Waals surface area contributed by atoms with Crippen molar-refractivity contribution in [2.75, 3.05) is 0 Å². The molecule has 0 aliphatic rings. The minimum atomic E-state index is -0.385. The van der Waals surface area contributed by atoms with Gasteiger partial charge >= 0.3 is 0 Å². The van der Waals surface area contributed by atoms with Crippen LogP contribution in [0.25, 0.3) is 11.4 Å².